The van der Waals surface area contributed by atoms with E-state index in [0.29, 0.717) is 10.3 Å². The summed E-state index contributed by atoms with van der Waals surface area (Å²) in [6.45, 7) is 5.74. The monoisotopic (exact) mass is 1260 g/mol. The Kier molecular flexibility index (Phi) is 16.1. The second kappa shape index (κ2) is 23.7. The van der Waals surface area contributed by atoms with Gasteiger partial charge in [0.2, 0.25) is 5.91 Å². The zero-order valence-corrected chi connectivity index (χ0v) is 48.9. The Bertz CT molecular complexity index is 4190. The van der Waals surface area contributed by atoms with Gasteiger partial charge in [0.1, 0.15) is 120 Å². The first-order chi connectivity index (χ1) is 41.2. The minimum Gasteiger partial charge on any atom is -0.506 e. The first-order valence-corrected chi connectivity index (χ1v) is 29.8. The maximum Gasteiger partial charge on any atom is 0.358 e. The number of aliphatic hydroxyl groups excluding tert-OH is 2. The van der Waals surface area contributed by atoms with Crippen LogP contribution in [0, 0.1) is 0 Å². The minimum atomic E-state index is -2.20. The van der Waals surface area contributed by atoms with E-state index >= 15 is 0 Å². The molecule has 442 valence electrons. The Hall–Kier alpha value is -9.22. The molecule has 8 aromatic rings. The van der Waals surface area contributed by atoms with Crippen molar-refractivity contribution in [1.29, 1.82) is 0 Å². The number of rotatable bonds is 6. The Morgan fingerprint density at radius 1 is 0.802 bits per heavy atom. The van der Waals surface area contributed by atoms with Crippen LogP contribution in [0.5, 0.6) is 5.75 Å². The van der Waals surface area contributed by atoms with Crippen LogP contribution in [0.1, 0.15) is 111 Å². The number of thiazole rings is 5. The summed E-state index contributed by atoms with van der Waals surface area (Å²) in [7, 11) is 1.30. The number of aliphatic hydroxyl groups is 2. The Morgan fingerprint density at radius 3 is 2.21 bits per heavy atom. The third kappa shape index (κ3) is 11.2. The number of nitrogens with one attached hydrogen (secondary N) is 5. The Morgan fingerprint density at radius 2 is 1.47 bits per heavy atom. The summed E-state index contributed by atoms with van der Waals surface area (Å²) in [4.78, 5) is 138. The number of cyclic esters (lactones) is 2. The lowest BCUT2D eigenvalue weighted by atomic mass is 10.0. The second-order valence-corrected chi connectivity index (χ2v) is 23.5. The molecule has 11 rings (SSSR count). The number of hydrogen-bond donors (Lipinski definition) is 9. The van der Waals surface area contributed by atoms with E-state index in [1.54, 1.807) is 6.07 Å². The molecule has 10 heterocycles. The Balaban J connectivity index is 1.09. The van der Waals surface area contributed by atoms with Crippen LogP contribution in [-0.2, 0) is 46.5 Å². The van der Waals surface area contributed by atoms with E-state index in [0.717, 1.165) is 56.7 Å². The highest BCUT2D eigenvalue weighted by Gasteiger charge is 2.42. The summed E-state index contributed by atoms with van der Waals surface area (Å²) in [5.74, 6) is -7.75. The van der Waals surface area contributed by atoms with E-state index in [-0.39, 0.29) is 104 Å². The number of allylic oxidation sites excluding steroid dienone is 2. The van der Waals surface area contributed by atoms with Crippen molar-refractivity contribution in [3.05, 3.63) is 124 Å². The average Bonchev–Trinajstić information content (AvgIpc) is 1.82. The summed E-state index contributed by atoms with van der Waals surface area (Å²) >= 11 is 4.48. The fourth-order valence-corrected chi connectivity index (χ4v) is 13.3. The predicted molar refractivity (Wildman–Crippen MR) is 306 cm³/mol. The summed E-state index contributed by atoms with van der Waals surface area (Å²) in [6.07, 6.45) is -5.55. The highest BCUT2D eigenvalue weighted by molar-refractivity contribution is 7.14. The van der Waals surface area contributed by atoms with Crippen molar-refractivity contribution in [2.45, 2.75) is 70.4 Å². The van der Waals surface area contributed by atoms with E-state index in [4.69, 9.17) is 28.9 Å². The lowest BCUT2D eigenvalue weighted by Gasteiger charge is -2.30. The third-order valence-corrected chi connectivity index (χ3v) is 18.1. The maximum absolute atomic E-state index is 14.6. The number of nitrogens with zero attached hydrogens (tertiary/aromatic N) is 7. The molecule has 7 aromatic heterocycles. The predicted octanol–water partition coefficient (Wildman–Crippen LogP) is 4.15. The average molecular weight is 1270 g/mol. The van der Waals surface area contributed by atoms with E-state index in [2.05, 4.69) is 53.1 Å². The molecule has 5 amide bonds. The number of ether oxygens (including phenoxy) is 4. The molecule has 0 fully saturated rings. The second-order valence-electron chi connectivity index (χ2n) is 19.2. The zero-order chi connectivity index (χ0) is 61.0. The number of esters is 2. The van der Waals surface area contributed by atoms with Gasteiger partial charge in [0.25, 0.3) is 23.6 Å². The molecule has 0 aliphatic carbocycles. The highest BCUT2D eigenvalue weighted by atomic mass is 32.1. The lowest BCUT2D eigenvalue weighted by Crippen LogP contribution is -2.52. The molecular formula is C53H44N12O16S5. The number of fused-ring (bicyclic) bond motifs is 15. The van der Waals surface area contributed by atoms with Gasteiger partial charge in [-0.3, -0.25) is 28.8 Å². The minimum absolute atomic E-state index is 0.00637. The number of carbonyl (C=O) groups excluding carboxylic acids is 8. The van der Waals surface area contributed by atoms with Crippen molar-refractivity contribution in [1.82, 2.24) is 61.2 Å². The Labute approximate surface area is 503 Å². The zero-order valence-electron chi connectivity index (χ0n) is 44.8. The van der Waals surface area contributed by atoms with Crippen LogP contribution < -0.4 is 26.6 Å². The molecular weight excluding hydrogens is 1220 g/mol. The normalized spacial score (nSPS) is 20.2. The number of carbonyl (C=O) groups is 8. The van der Waals surface area contributed by atoms with Crippen molar-refractivity contribution in [3.63, 3.8) is 0 Å². The van der Waals surface area contributed by atoms with Gasteiger partial charge in [0, 0.05) is 50.3 Å². The van der Waals surface area contributed by atoms with E-state index in [1.807, 2.05) is 0 Å². The SMILES string of the molecule is C=C(NC(=O)c1csc(-c2nc3c(cc2O)-c2nc(cs2)C(=O)NC(C(C)O)C(=O)N/C(=C(\C)OC)c2nc(cs2)C(=O)NC2c4nc(cs4)C(=O)NC(COC(=O)c4c5c6c(cccc6n4O)COC(=O)C(O)C2OC5)c2nc-3cs2)n1)C(C)=O. The summed E-state index contributed by atoms with van der Waals surface area (Å²) in [5, 5.41) is 66.6. The first-order valence-electron chi connectivity index (χ1n) is 25.4. The van der Waals surface area contributed by atoms with Crippen molar-refractivity contribution in [3.8, 4) is 38.4 Å². The van der Waals surface area contributed by atoms with Gasteiger partial charge in [-0.25, -0.2) is 39.5 Å². The first kappa shape index (κ1) is 58.5. The molecule has 0 saturated carbocycles. The fraction of sp³-hybridized carbons (Fsp3) is 0.245. The quantitative estimate of drug-likeness (QED) is 0.0488. The number of Topliss-reactive ketones (excluding diaryl/α,β-unsaturated/α-hetero) is 1. The number of benzene rings is 1. The molecule has 0 saturated heterocycles. The van der Waals surface area contributed by atoms with Crippen LogP contribution in [0.25, 0.3) is 49.3 Å². The molecule has 12 bridgehead atoms. The van der Waals surface area contributed by atoms with Crippen molar-refractivity contribution < 1.29 is 77.8 Å². The molecule has 9 N–H and O–H groups in total. The summed E-state index contributed by atoms with van der Waals surface area (Å²) in [6, 6.07) is 1.23. The molecule has 33 heteroatoms. The molecule has 6 unspecified atom stereocenters. The van der Waals surface area contributed by atoms with Gasteiger partial charge < -0.3 is 66.1 Å². The topological polar surface area (TPSA) is 397 Å². The van der Waals surface area contributed by atoms with Gasteiger partial charge in [0.15, 0.2) is 17.6 Å². The van der Waals surface area contributed by atoms with Crippen LogP contribution in [-0.4, -0.2) is 140 Å². The number of hydrogen-bond acceptors (Lipinski definition) is 27. The van der Waals surface area contributed by atoms with E-state index in [9.17, 15) is 58.9 Å². The molecule has 3 aliphatic rings. The fourth-order valence-electron chi connectivity index (χ4n) is 9.10. The van der Waals surface area contributed by atoms with Crippen LogP contribution in [0.2, 0.25) is 0 Å². The van der Waals surface area contributed by atoms with Crippen LogP contribution in [0.15, 0.2) is 69.2 Å². The van der Waals surface area contributed by atoms with E-state index in [1.165, 1.54) is 73.0 Å². The maximum atomic E-state index is 14.6. The van der Waals surface area contributed by atoms with Crippen LogP contribution >= 0.6 is 56.7 Å². The van der Waals surface area contributed by atoms with Gasteiger partial charge in [-0.15, -0.1) is 56.7 Å². The summed E-state index contributed by atoms with van der Waals surface area (Å²) in [5.41, 5.74) is -1.36. The standard InChI is InChI=1S/C53H44N12O16S5/c1-18(19(2)66)54-42(70)27-15-85-50(59-27)37-32(68)9-23-36(61-37)26-13-83-48(56-26)25-12-81-52(75)39-24-11-79-41(40(69)53(76)80-10-22-7-6-8-31(33(22)24)65(39)77)38(51-60-28(16-86-51)43(71)55-25)64-45(73)30-17-84-49(58-30)35(21(4)78-5)63-46(74)34(20(3)67)62-44(72)29-14-82-47(23)57-29/h6-9,13-17,20,25,34,38,40-41,67-69,77H,1,10-12H2,2-5H3,(H,54,70)(H,55,71)(H,62,72)(H,63,74)(H,64,73)/b35-21+. The van der Waals surface area contributed by atoms with Gasteiger partial charge in [-0.1, -0.05) is 18.7 Å². The van der Waals surface area contributed by atoms with Gasteiger partial charge >= 0.3 is 11.9 Å². The largest absolute Gasteiger partial charge is 0.506 e. The van der Waals surface area contributed by atoms with Crippen LogP contribution in [0.3, 0.4) is 0 Å². The molecule has 6 atom stereocenters. The molecule has 0 radical (unpaired) electrons. The number of aromatic nitrogens is 7. The van der Waals surface area contributed by atoms with Crippen molar-refractivity contribution in [2.75, 3.05) is 13.7 Å². The smallest absolute Gasteiger partial charge is 0.358 e. The summed E-state index contributed by atoms with van der Waals surface area (Å²) < 4.78 is 24.0. The van der Waals surface area contributed by atoms with Gasteiger partial charge in [-0.2, -0.15) is 4.73 Å². The highest BCUT2D eigenvalue weighted by Crippen LogP contribution is 2.42. The van der Waals surface area contributed by atoms with Crippen molar-refractivity contribution >= 4 is 121 Å². The van der Waals surface area contributed by atoms with Gasteiger partial charge in [0.05, 0.1) is 31.0 Å². The number of methoxy groups -OCH3 is 1. The number of pyridine rings is 1. The number of amides is 5. The van der Waals surface area contributed by atoms with Crippen molar-refractivity contribution in [2.24, 2.45) is 0 Å². The van der Waals surface area contributed by atoms with Crippen LogP contribution in [0.4, 0.5) is 0 Å². The third-order valence-electron chi connectivity index (χ3n) is 13.6. The lowest BCUT2D eigenvalue weighted by molar-refractivity contribution is -0.166. The number of ketones is 1. The molecule has 1 aromatic carbocycles. The molecule has 3 aliphatic heterocycles. The molecule has 0 spiro atoms. The molecule has 28 nitrogen and oxygen atoms in total. The van der Waals surface area contributed by atoms with Gasteiger partial charge in [-0.05, 0) is 31.5 Å². The number of aromatic hydroxyl groups is 1. The molecule has 86 heavy (non-hydrogen) atoms. The van der Waals surface area contributed by atoms with E-state index < -0.39 is 115 Å².